The Morgan fingerprint density at radius 3 is 2.37 bits per heavy atom. The molecule has 1 heterocycles. The molecule has 8 heteroatoms. The molecule has 0 unspecified atom stereocenters. The number of nitrogens with one attached hydrogen (secondary N) is 1. The van der Waals surface area contributed by atoms with Gasteiger partial charge in [-0.2, -0.15) is 0 Å². The van der Waals surface area contributed by atoms with E-state index in [4.69, 9.17) is 4.74 Å². The molecule has 27 heavy (non-hydrogen) atoms. The Morgan fingerprint density at radius 1 is 1.07 bits per heavy atom. The van der Waals surface area contributed by atoms with Crippen LogP contribution < -0.4 is 5.32 Å². The minimum Gasteiger partial charge on any atom is -0.444 e. The molecule has 0 radical (unpaired) electrons. The Balaban J connectivity index is 1.87. The first-order valence-corrected chi connectivity index (χ1v) is 9.75. The van der Waals surface area contributed by atoms with Gasteiger partial charge in [-0.25, -0.2) is 4.79 Å². The number of halogens is 1. The molecule has 1 aromatic carbocycles. The van der Waals surface area contributed by atoms with Crippen molar-refractivity contribution in [3.8, 4) is 0 Å². The van der Waals surface area contributed by atoms with E-state index in [0.29, 0.717) is 38.2 Å². The Kier molecular flexibility index (Phi) is 7.24. The summed E-state index contributed by atoms with van der Waals surface area (Å²) in [6, 6.07) is 7.31. The summed E-state index contributed by atoms with van der Waals surface area (Å²) in [5, 5.41) is 2.48. The topological polar surface area (TPSA) is 79.0 Å². The summed E-state index contributed by atoms with van der Waals surface area (Å²) in [7, 11) is 0. The number of carbonyl (C=O) groups excluding carboxylic acids is 3. The maximum absolute atomic E-state index is 12.7. The fourth-order valence-electron chi connectivity index (χ4n) is 2.75. The highest BCUT2D eigenvalue weighted by Gasteiger charge is 2.24. The molecule has 1 aliphatic rings. The molecule has 0 spiro atoms. The maximum atomic E-state index is 12.7. The van der Waals surface area contributed by atoms with Crippen LogP contribution in [0.5, 0.6) is 0 Å². The molecular formula is C19H26BrN3O4. The van der Waals surface area contributed by atoms with Crippen LogP contribution in [0.2, 0.25) is 0 Å². The van der Waals surface area contributed by atoms with Crippen molar-refractivity contribution in [1.29, 1.82) is 0 Å². The van der Waals surface area contributed by atoms with Crippen LogP contribution in [0.4, 0.5) is 4.79 Å². The van der Waals surface area contributed by atoms with Crippen LogP contribution in [0.25, 0.3) is 0 Å². The van der Waals surface area contributed by atoms with Crippen LogP contribution in [0.15, 0.2) is 28.7 Å². The highest BCUT2D eigenvalue weighted by Crippen LogP contribution is 2.19. The molecule has 1 fully saturated rings. The second-order valence-electron chi connectivity index (χ2n) is 7.36. The van der Waals surface area contributed by atoms with Crippen molar-refractivity contribution in [2.45, 2.75) is 32.8 Å². The molecule has 2 rings (SSSR count). The van der Waals surface area contributed by atoms with Gasteiger partial charge < -0.3 is 19.9 Å². The number of carbonyl (C=O) groups is 3. The molecule has 0 bridgehead atoms. The molecular weight excluding hydrogens is 414 g/mol. The second kappa shape index (κ2) is 9.21. The normalized spacial score (nSPS) is 15.1. The Bertz CT molecular complexity index is 702. The van der Waals surface area contributed by atoms with E-state index in [0.717, 1.165) is 4.47 Å². The Labute approximate surface area is 168 Å². The summed E-state index contributed by atoms with van der Waals surface area (Å²) in [6.45, 7) is 7.20. The number of amides is 3. The predicted molar refractivity (Wildman–Crippen MR) is 105 cm³/mol. The van der Waals surface area contributed by atoms with Gasteiger partial charge in [-0.3, -0.25) is 9.59 Å². The molecule has 7 nitrogen and oxygen atoms in total. The van der Waals surface area contributed by atoms with Gasteiger partial charge in [0, 0.05) is 30.7 Å². The van der Waals surface area contributed by atoms with Gasteiger partial charge in [0.05, 0.1) is 5.56 Å². The fourth-order valence-corrected chi connectivity index (χ4v) is 3.20. The van der Waals surface area contributed by atoms with Crippen LogP contribution >= 0.6 is 15.9 Å². The van der Waals surface area contributed by atoms with Gasteiger partial charge in [-0.05, 0) is 55.3 Å². The van der Waals surface area contributed by atoms with Gasteiger partial charge >= 0.3 is 6.09 Å². The van der Waals surface area contributed by atoms with Crippen LogP contribution in [-0.4, -0.2) is 66.0 Å². The number of ether oxygens (including phenoxy) is 1. The number of alkyl carbamates (subject to hydrolysis) is 1. The van der Waals surface area contributed by atoms with Gasteiger partial charge in [0.1, 0.15) is 12.1 Å². The Hall–Kier alpha value is -2.09. The first kappa shape index (κ1) is 21.2. The highest BCUT2D eigenvalue weighted by molar-refractivity contribution is 9.10. The van der Waals surface area contributed by atoms with E-state index in [9.17, 15) is 14.4 Å². The van der Waals surface area contributed by atoms with Crippen molar-refractivity contribution < 1.29 is 19.1 Å². The van der Waals surface area contributed by atoms with E-state index < -0.39 is 11.7 Å². The van der Waals surface area contributed by atoms with Crippen molar-refractivity contribution in [2.24, 2.45) is 0 Å². The quantitative estimate of drug-likeness (QED) is 0.784. The summed E-state index contributed by atoms with van der Waals surface area (Å²) >= 11 is 3.41. The smallest absolute Gasteiger partial charge is 0.408 e. The number of nitrogens with zero attached hydrogens (tertiary/aromatic N) is 2. The lowest BCUT2D eigenvalue weighted by molar-refractivity contribution is -0.130. The fraction of sp³-hybridized carbons (Fsp3) is 0.526. The van der Waals surface area contributed by atoms with E-state index in [2.05, 4.69) is 21.2 Å². The molecule has 1 N–H and O–H groups in total. The van der Waals surface area contributed by atoms with Crippen LogP contribution in [-0.2, 0) is 9.53 Å². The van der Waals surface area contributed by atoms with E-state index in [1.165, 1.54) is 0 Å². The van der Waals surface area contributed by atoms with Crippen molar-refractivity contribution >= 4 is 33.8 Å². The molecule has 0 saturated carbocycles. The molecule has 0 aliphatic carbocycles. The zero-order valence-electron chi connectivity index (χ0n) is 16.0. The third kappa shape index (κ3) is 6.53. The lowest BCUT2D eigenvalue weighted by atomic mass is 10.2. The van der Waals surface area contributed by atoms with Crippen LogP contribution in [0.3, 0.4) is 0 Å². The van der Waals surface area contributed by atoms with Gasteiger partial charge in [0.15, 0.2) is 0 Å². The van der Waals surface area contributed by atoms with Crippen molar-refractivity contribution in [3.05, 3.63) is 34.3 Å². The summed E-state index contributed by atoms with van der Waals surface area (Å²) in [5.74, 6) is -0.236. The van der Waals surface area contributed by atoms with Crippen LogP contribution in [0, 0.1) is 0 Å². The average Bonchev–Trinajstić information content (AvgIpc) is 2.84. The number of benzene rings is 1. The van der Waals surface area contributed by atoms with Crippen molar-refractivity contribution in [1.82, 2.24) is 15.1 Å². The molecule has 3 amide bonds. The number of hydrogen-bond donors (Lipinski definition) is 1. The van der Waals surface area contributed by atoms with E-state index >= 15 is 0 Å². The monoisotopic (exact) mass is 439 g/mol. The Morgan fingerprint density at radius 2 is 1.70 bits per heavy atom. The van der Waals surface area contributed by atoms with Gasteiger partial charge in [-0.1, -0.05) is 12.1 Å². The number of rotatable bonds is 3. The lowest BCUT2D eigenvalue weighted by Gasteiger charge is -2.23. The second-order valence-corrected chi connectivity index (χ2v) is 8.22. The zero-order chi connectivity index (χ0) is 20.0. The lowest BCUT2D eigenvalue weighted by Crippen LogP contribution is -2.43. The predicted octanol–water partition coefficient (Wildman–Crippen LogP) is 2.65. The molecule has 1 aliphatic heterocycles. The zero-order valence-corrected chi connectivity index (χ0v) is 17.5. The van der Waals surface area contributed by atoms with Crippen molar-refractivity contribution in [2.75, 3.05) is 32.7 Å². The third-order valence-corrected chi connectivity index (χ3v) is 4.71. The highest BCUT2D eigenvalue weighted by atomic mass is 79.9. The number of hydrogen-bond acceptors (Lipinski definition) is 4. The standard InChI is InChI=1S/C19H26BrN3O4/c1-19(2,3)27-18(26)21-13-16(24)22-9-6-10-23(12-11-22)17(25)14-7-4-5-8-15(14)20/h4-5,7-8H,6,9-13H2,1-3H3,(H,21,26). The van der Waals surface area contributed by atoms with E-state index in [1.54, 1.807) is 36.6 Å². The van der Waals surface area contributed by atoms with E-state index in [1.807, 2.05) is 18.2 Å². The van der Waals surface area contributed by atoms with E-state index in [-0.39, 0.29) is 18.4 Å². The first-order chi connectivity index (χ1) is 12.7. The molecule has 1 saturated heterocycles. The van der Waals surface area contributed by atoms with Gasteiger partial charge in [0.2, 0.25) is 5.91 Å². The largest absolute Gasteiger partial charge is 0.444 e. The summed E-state index contributed by atoms with van der Waals surface area (Å²) in [5.41, 5.74) is 0.00587. The third-order valence-electron chi connectivity index (χ3n) is 4.02. The minimum atomic E-state index is -0.614. The van der Waals surface area contributed by atoms with Crippen molar-refractivity contribution in [3.63, 3.8) is 0 Å². The van der Waals surface area contributed by atoms with Gasteiger partial charge in [-0.15, -0.1) is 0 Å². The summed E-state index contributed by atoms with van der Waals surface area (Å²) < 4.78 is 5.89. The van der Waals surface area contributed by atoms with Gasteiger partial charge in [0.25, 0.3) is 5.91 Å². The summed E-state index contributed by atoms with van der Waals surface area (Å²) in [6.07, 6.45) is 0.0744. The molecule has 0 aromatic heterocycles. The maximum Gasteiger partial charge on any atom is 0.408 e. The SMILES string of the molecule is CC(C)(C)OC(=O)NCC(=O)N1CCCN(C(=O)c2ccccc2Br)CC1. The average molecular weight is 440 g/mol. The molecule has 1 aromatic rings. The minimum absolute atomic E-state index is 0.0522. The molecule has 0 atom stereocenters. The summed E-state index contributed by atoms with van der Waals surface area (Å²) in [4.78, 5) is 40.2. The van der Waals surface area contributed by atoms with Crippen LogP contribution in [0.1, 0.15) is 37.6 Å². The molecule has 148 valence electrons. The first-order valence-electron chi connectivity index (χ1n) is 8.96.